The van der Waals surface area contributed by atoms with Crippen molar-refractivity contribution in [3.63, 3.8) is 0 Å². The summed E-state index contributed by atoms with van der Waals surface area (Å²) >= 11 is 0. The Bertz CT molecular complexity index is 1190. The van der Waals surface area contributed by atoms with Crippen LogP contribution in [-0.2, 0) is 21.3 Å². The Kier molecular flexibility index (Phi) is 7.67. The zero-order chi connectivity index (χ0) is 24.9. The molecule has 2 amide bonds. The monoisotopic (exact) mass is 485 g/mol. The van der Waals surface area contributed by atoms with Crippen LogP contribution in [0.5, 0.6) is 0 Å². The highest BCUT2D eigenvalue weighted by Crippen LogP contribution is 2.38. The molecule has 0 radical (unpaired) electrons. The van der Waals surface area contributed by atoms with Gasteiger partial charge in [0.2, 0.25) is 5.76 Å². The number of anilines is 1. The Balaban J connectivity index is 1.89. The summed E-state index contributed by atoms with van der Waals surface area (Å²) in [7, 11) is 3.29. The van der Waals surface area contributed by atoms with Crippen LogP contribution in [0, 0.1) is 0 Å². The van der Waals surface area contributed by atoms with E-state index in [-0.39, 0.29) is 36.9 Å². The molecule has 0 spiro atoms. The lowest BCUT2D eigenvalue weighted by Gasteiger charge is -2.36. The van der Waals surface area contributed by atoms with Crippen LogP contribution in [-0.4, -0.2) is 66.0 Å². The Morgan fingerprint density at radius 1 is 1.31 bits per heavy atom. The van der Waals surface area contributed by atoms with Crippen LogP contribution >= 0.6 is 0 Å². The number of carbonyl (C=O) groups is 2. The van der Waals surface area contributed by atoms with Crippen LogP contribution in [0.25, 0.3) is 22.4 Å². The number of nitrogens with one attached hydrogen (secondary N) is 1. The molecule has 3 aromatic heterocycles. The number of pyridine rings is 1. The number of carbonyl (C=O) groups excluding carboxylic acids is 2. The quantitative estimate of drug-likeness (QED) is 0.482. The van der Waals surface area contributed by atoms with Gasteiger partial charge in [-0.2, -0.15) is 5.10 Å². The first kappa shape index (κ1) is 24.7. The van der Waals surface area contributed by atoms with Crippen molar-refractivity contribution in [2.24, 2.45) is 7.05 Å². The van der Waals surface area contributed by atoms with E-state index in [2.05, 4.69) is 10.4 Å². The number of furan rings is 1. The summed E-state index contributed by atoms with van der Waals surface area (Å²) in [6.45, 7) is 4.45. The van der Waals surface area contributed by atoms with Crippen LogP contribution in [0.2, 0.25) is 0 Å². The van der Waals surface area contributed by atoms with E-state index in [0.29, 0.717) is 36.2 Å². The van der Waals surface area contributed by atoms with Gasteiger partial charge >= 0.3 is 6.09 Å². The molecular formula is C24H31N5O6. The molecule has 4 rings (SSSR count). The van der Waals surface area contributed by atoms with Crippen molar-refractivity contribution in [3.05, 3.63) is 30.3 Å². The number of amides is 2. The number of hydrogen-bond donors (Lipinski definition) is 1. The number of aryl methyl sites for hydroxylation is 1. The van der Waals surface area contributed by atoms with Gasteiger partial charge in [-0.05, 0) is 38.3 Å². The first-order chi connectivity index (χ1) is 17.0. The summed E-state index contributed by atoms with van der Waals surface area (Å²) in [6.07, 6.45) is 4.97. The van der Waals surface area contributed by atoms with Gasteiger partial charge in [0, 0.05) is 38.6 Å². The zero-order valence-electron chi connectivity index (χ0n) is 20.4. The Morgan fingerprint density at radius 3 is 2.83 bits per heavy atom. The number of methoxy groups -OCH3 is 1. The topological polar surface area (TPSA) is 121 Å². The lowest BCUT2D eigenvalue weighted by atomic mass is 9.99. The maximum absolute atomic E-state index is 13.4. The minimum Gasteiger partial charge on any atom is -0.449 e. The highest BCUT2D eigenvalue weighted by Gasteiger charge is 2.38. The van der Waals surface area contributed by atoms with E-state index >= 15 is 0 Å². The van der Waals surface area contributed by atoms with Crippen molar-refractivity contribution in [2.75, 3.05) is 32.0 Å². The molecular weight excluding hydrogens is 454 g/mol. The maximum Gasteiger partial charge on any atom is 0.414 e. The molecule has 0 unspecified atom stereocenters. The number of ether oxygens (including phenoxy) is 3. The molecule has 11 heteroatoms. The number of aromatic nitrogens is 3. The van der Waals surface area contributed by atoms with Crippen molar-refractivity contribution >= 4 is 28.8 Å². The van der Waals surface area contributed by atoms with E-state index in [9.17, 15) is 9.59 Å². The van der Waals surface area contributed by atoms with Crippen LogP contribution in [0.1, 0.15) is 43.7 Å². The van der Waals surface area contributed by atoms with E-state index in [0.717, 1.165) is 12.0 Å². The van der Waals surface area contributed by atoms with Crippen LogP contribution in [0.3, 0.4) is 0 Å². The minimum absolute atomic E-state index is 0.00600. The third kappa shape index (κ3) is 5.15. The van der Waals surface area contributed by atoms with Gasteiger partial charge in [0.15, 0.2) is 5.58 Å². The standard InChI is InChI=1S/C24H31N5O6/c1-5-17-11-16(9-10-34-17)29(24(31)33-6-2)21-20-19(35-22(21)23(30)25-14-32-4)8-7-18(27-20)15-12-26-28(3)13-15/h7-8,12-13,16-17H,5-6,9-11,14H2,1-4H3,(H,25,30)/t16-,17-/m1/s1. The largest absolute Gasteiger partial charge is 0.449 e. The molecule has 1 saturated heterocycles. The molecule has 0 bridgehead atoms. The molecule has 2 atom stereocenters. The van der Waals surface area contributed by atoms with Crippen LogP contribution in [0.15, 0.2) is 28.9 Å². The lowest BCUT2D eigenvalue weighted by Crippen LogP contribution is -2.47. The summed E-state index contributed by atoms with van der Waals surface area (Å²) in [4.78, 5) is 32.8. The first-order valence-electron chi connectivity index (χ1n) is 11.7. The van der Waals surface area contributed by atoms with Gasteiger partial charge in [0.05, 0.1) is 24.6 Å². The molecule has 0 saturated carbocycles. The van der Waals surface area contributed by atoms with Crippen molar-refractivity contribution in [1.29, 1.82) is 0 Å². The molecule has 1 fully saturated rings. The Morgan fingerprint density at radius 2 is 2.14 bits per heavy atom. The van der Waals surface area contributed by atoms with Gasteiger partial charge in [-0.25, -0.2) is 9.78 Å². The maximum atomic E-state index is 13.4. The zero-order valence-corrected chi connectivity index (χ0v) is 20.4. The fourth-order valence-electron chi connectivity index (χ4n) is 4.27. The summed E-state index contributed by atoms with van der Waals surface area (Å²) < 4.78 is 23.9. The number of rotatable bonds is 8. The van der Waals surface area contributed by atoms with Crippen LogP contribution in [0.4, 0.5) is 10.5 Å². The highest BCUT2D eigenvalue weighted by molar-refractivity contribution is 6.10. The molecule has 0 aromatic carbocycles. The molecule has 1 aliphatic rings. The molecule has 1 N–H and O–H groups in total. The van der Waals surface area contributed by atoms with Gasteiger partial charge in [0.1, 0.15) is 17.9 Å². The number of nitrogens with zero attached hydrogens (tertiary/aromatic N) is 4. The van der Waals surface area contributed by atoms with Gasteiger partial charge < -0.3 is 23.9 Å². The molecule has 0 aliphatic carbocycles. The second-order valence-corrected chi connectivity index (χ2v) is 8.31. The lowest BCUT2D eigenvalue weighted by molar-refractivity contribution is 0.00467. The van der Waals surface area contributed by atoms with Gasteiger partial charge in [-0.15, -0.1) is 0 Å². The summed E-state index contributed by atoms with van der Waals surface area (Å²) in [5.74, 6) is -0.545. The molecule has 188 valence electrons. The fraction of sp³-hybridized carbons (Fsp3) is 0.500. The molecule has 4 heterocycles. The second kappa shape index (κ2) is 10.9. The third-order valence-electron chi connectivity index (χ3n) is 5.96. The van der Waals surface area contributed by atoms with Gasteiger partial charge in [-0.3, -0.25) is 14.4 Å². The Hall–Kier alpha value is -3.44. The predicted molar refractivity (Wildman–Crippen MR) is 128 cm³/mol. The molecule has 3 aromatic rings. The normalized spacial score (nSPS) is 17.9. The predicted octanol–water partition coefficient (Wildman–Crippen LogP) is 3.48. The fourth-order valence-corrected chi connectivity index (χ4v) is 4.27. The van der Waals surface area contributed by atoms with E-state index < -0.39 is 12.0 Å². The second-order valence-electron chi connectivity index (χ2n) is 8.31. The summed E-state index contributed by atoms with van der Waals surface area (Å²) in [6, 6.07) is 3.27. The summed E-state index contributed by atoms with van der Waals surface area (Å²) in [5, 5.41) is 6.87. The first-order valence-corrected chi connectivity index (χ1v) is 11.7. The smallest absolute Gasteiger partial charge is 0.414 e. The molecule has 35 heavy (non-hydrogen) atoms. The average molecular weight is 486 g/mol. The van der Waals surface area contributed by atoms with Crippen molar-refractivity contribution in [3.8, 4) is 11.3 Å². The number of fused-ring (bicyclic) bond motifs is 1. The van der Waals surface area contributed by atoms with E-state index in [4.69, 9.17) is 23.6 Å². The SMILES string of the molecule is CCOC(=O)N(c1c(C(=O)NCOC)oc2ccc(-c3cnn(C)c3)nc12)[C@@H]1CCO[C@H](CC)C1. The molecule has 11 nitrogen and oxygen atoms in total. The minimum atomic E-state index is -0.564. The third-order valence-corrected chi connectivity index (χ3v) is 5.96. The van der Waals surface area contributed by atoms with E-state index in [1.807, 2.05) is 20.2 Å². The van der Waals surface area contributed by atoms with Crippen molar-refractivity contribution < 1.29 is 28.2 Å². The van der Waals surface area contributed by atoms with E-state index in [1.54, 1.807) is 29.9 Å². The van der Waals surface area contributed by atoms with Crippen molar-refractivity contribution in [1.82, 2.24) is 20.1 Å². The summed E-state index contributed by atoms with van der Waals surface area (Å²) in [5.41, 5.74) is 2.48. The van der Waals surface area contributed by atoms with Gasteiger partial charge in [-0.1, -0.05) is 6.92 Å². The van der Waals surface area contributed by atoms with Crippen molar-refractivity contribution in [2.45, 2.75) is 45.3 Å². The van der Waals surface area contributed by atoms with Gasteiger partial charge in [0.25, 0.3) is 5.91 Å². The number of hydrogen-bond acceptors (Lipinski definition) is 8. The van der Waals surface area contributed by atoms with Crippen LogP contribution < -0.4 is 10.2 Å². The molecule has 1 aliphatic heterocycles. The van der Waals surface area contributed by atoms with E-state index in [1.165, 1.54) is 12.0 Å². The highest BCUT2D eigenvalue weighted by atomic mass is 16.6. The Labute approximate surface area is 203 Å². The average Bonchev–Trinajstić information content (AvgIpc) is 3.46.